The first kappa shape index (κ1) is 12.3. The Bertz CT molecular complexity index is 432. The lowest BCUT2D eigenvalue weighted by molar-refractivity contribution is 0.169. The first-order valence-corrected chi connectivity index (χ1v) is 7.26. The van der Waals surface area contributed by atoms with Crippen molar-refractivity contribution in [3.05, 3.63) is 28.8 Å². The summed E-state index contributed by atoms with van der Waals surface area (Å²) in [4.78, 5) is 2.57. The highest BCUT2D eigenvalue weighted by Gasteiger charge is 2.38. The molecule has 3 heteroatoms. The molecule has 0 saturated carbocycles. The number of halogens is 1. The van der Waals surface area contributed by atoms with Gasteiger partial charge in [-0.1, -0.05) is 17.7 Å². The van der Waals surface area contributed by atoms with Crippen LogP contribution in [0.15, 0.2) is 18.2 Å². The van der Waals surface area contributed by atoms with E-state index < -0.39 is 0 Å². The molecule has 0 radical (unpaired) electrons. The molecule has 2 aliphatic rings. The molecule has 2 heterocycles. The Balaban J connectivity index is 1.72. The second-order valence-electron chi connectivity index (χ2n) is 5.78. The van der Waals surface area contributed by atoms with Gasteiger partial charge in [-0.3, -0.25) is 0 Å². The number of nitrogens with one attached hydrogen (secondary N) is 1. The van der Waals surface area contributed by atoms with Gasteiger partial charge >= 0.3 is 0 Å². The Morgan fingerprint density at radius 2 is 1.89 bits per heavy atom. The van der Waals surface area contributed by atoms with Crippen LogP contribution >= 0.6 is 11.6 Å². The monoisotopic (exact) mass is 264 g/mol. The quantitative estimate of drug-likeness (QED) is 0.877. The fraction of sp³-hybridized carbons (Fsp3) is 0.600. The molecule has 2 aliphatic heterocycles. The van der Waals surface area contributed by atoms with Crippen molar-refractivity contribution < 1.29 is 0 Å². The van der Waals surface area contributed by atoms with Gasteiger partial charge in [-0.25, -0.2) is 0 Å². The molecule has 3 rings (SSSR count). The van der Waals surface area contributed by atoms with Crippen molar-refractivity contribution >= 4 is 17.3 Å². The predicted octanol–water partition coefficient (Wildman–Crippen LogP) is 3.69. The molecular weight excluding hydrogens is 244 g/mol. The largest absolute Gasteiger partial charge is 0.382 e. The zero-order chi connectivity index (χ0) is 12.7. The minimum atomic E-state index is 0.607. The molecule has 2 saturated heterocycles. The van der Waals surface area contributed by atoms with Crippen molar-refractivity contribution in [3.63, 3.8) is 0 Å². The summed E-state index contributed by atoms with van der Waals surface area (Å²) >= 11 is 6.18. The molecule has 18 heavy (non-hydrogen) atoms. The zero-order valence-corrected chi connectivity index (χ0v) is 11.9. The molecule has 0 aromatic heterocycles. The van der Waals surface area contributed by atoms with Crippen LogP contribution in [0.3, 0.4) is 0 Å². The third-order valence-corrected chi connectivity index (χ3v) is 5.14. The maximum atomic E-state index is 6.18. The molecule has 2 fully saturated rings. The first-order chi connectivity index (χ1) is 8.65. The van der Waals surface area contributed by atoms with Gasteiger partial charge < -0.3 is 10.2 Å². The van der Waals surface area contributed by atoms with Crippen LogP contribution in [-0.2, 0) is 0 Å². The number of anilines is 1. The fourth-order valence-corrected chi connectivity index (χ4v) is 3.69. The number of hydrogen-bond donors (Lipinski definition) is 1. The minimum Gasteiger partial charge on any atom is -0.382 e. The number of piperidine rings is 1. The Morgan fingerprint density at radius 1 is 1.22 bits per heavy atom. The average molecular weight is 265 g/mol. The summed E-state index contributed by atoms with van der Waals surface area (Å²) in [6, 6.07) is 8.29. The van der Waals surface area contributed by atoms with Gasteiger partial charge in [0.15, 0.2) is 0 Å². The van der Waals surface area contributed by atoms with E-state index in [0.29, 0.717) is 6.04 Å². The molecule has 0 aliphatic carbocycles. The lowest BCUT2D eigenvalue weighted by atomic mass is 9.97. The summed E-state index contributed by atoms with van der Waals surface area (Å²) in [6.07, 6.45) is 5.26. The second kappa shape index (κ2) is 4.75. The maximum absolute atomic E-state index is 6.18. The Morgan fingerprint density at radius 3 is 2.56 bits per heavy atom. The van der Waals surface area contributed by atoms with Crippen LogP contribution in [0.4, 0.5) is 5.69 Å². The molecule has 0 amide bonds. The lowest BCUT2D eigenvalue weighted by Crippen LogP contribution is -2.44. The topological polar surface area (TPSA) is 15.3 Å². The smallest absolute Gasteiger partial charge is 0.0455 e. The molecule has 1 N–H and O–H groups in total. The van der Waals surface area contributed by atoms with Gasteiger partial charge in [0.25, 0.3) is 0 Å². The van der Waals surface area contributed by atoms with E-state index in [9.17, 15) is 0 Å². The summed E-state index contributed by atoms with van der Waals surface area (Å²) in [5, 5.41) is 4.56. The fourth-order valence-electron chi connectivity index (χ4n) is 3.51. The number of benzene rings is 1. The van der Waals surface area contributed by atoms with Crippen LogP contribution in [0.5, 0.6) is 0 Å². The van der Waals surface area contributed by atoms with Crippen molar-refractivity contribution in [2.24, 2.45) is 0 Å². The number of rotatable bonds is 2. The van der Waals surface area contributed by atoms with E-state index in [0.717, 1.165) is 17.1 Å². The zero-order valence-electron chi connectivity index (χ0n) is 11.1. The Labute approximate surface area is 114 Å². The van der Waals surface area contributed by atoms with Gasteiger partial charge in [-0.2, -0.15) is 0 Å². The number of nitrogens with zero attached hydrogens (tertiary/aromatic N) is 1. The summed E-state index contributed by atoms with van der Waals surface area (Å²) in [5.74, 6) is 0. The highest BCUT2D eigenvalue weighted by molar-refractivity contribution is 6.31. The normalized spacial score (nSPS) is 31.6. The number of hydrogen-bond acceptors (Lipinski definition) is 2. The van der Waals surface area contributed by atoms with Gasteiger partial charge in [-0.05, 0) is 57.4 Å². The first-order valence-electron chi connectivity index (χ1n) is 6.88. The highest BCUT2D eigenvalue weighted by atomic mass is 35.5. The van der Waals surface area contributed by atoms with Crippen molar-refractivity contribution in [1.82, 2.24) is 4.90 Å². The van der Waals surface area contributed by atoms with E-state index >= 15 is 0 Å². The van der Waals surface area contributed by atoms with Gasteiger partial charge in [0.2, 0.25) is 0 Å². The summed E-state index contributed by atoms with van der Waals surface area (Å²) in [7, 11) is 2.28. The van der Waals surface area contributed by atoms with Crippen molar-refractivity contribution in [1.29, 1.82) is 0 Å². The van der Waals surface area contributed by atoms with Crippen LogP contribution in [-0.4, -0.2) is 30.1 Å². The molecule has 98 valence electrons. The van der Waals surface area contributed by atoms with E-state index in [4.69, 9.17) is 11.6 Å². The van der Waals surface area contributed by atoms with E-state index in [2.05, 4.69) is 30.3 Å². The van der Waals surface area contributed by atoms with Crippen LogP contribution in [0, 0.1) is 6.92 Å². The van der Waals surface area contributed by atoms with Gasteiger partial charge in [0.05, 0.1) is 0 Å². The van der Waals surface area contributed by atoms with Crippen molar-refractivity contribution in [2.45, 2.75) is 50.7 Å². The molecule has 2 nitrogen and oxygen atoms in total. The molecule has 1 aromatic carbocycles. The predicted molar refractivity (Wildman–Crippen MR) is 77.4 cm³/mol. The summed E-state index contributed by atoms with van der Waals surface area (Å²) in [5.41, 5.74) is 2.38. The van der Waals surface area contributed by atoms with Crippen molar-refractivity contribution in [2.75, 3.05) is 12.4 Å². The molecule has 1 aromatic rings. The van der Waals surface area contributed by atoms with E-state index in [1.807, 2.05) is 12.1 Å². The molecule has 2 atom stereocenters. The third-order valence-electron chi connectivity index (χ3n) is 4.73. The molecular formula is C15H21ClN2. The van der Waals surface area contributed by atoms with E-state index in [-0.39, 0.29) is 0 Å². The minimum absolute atomic E-state index is 0.607. The van der Waals surface area contributed by atoms with E-state index in [1.54, 1.807) is 0 Å². The van der Waals surface area contributed by atoms with Gasteiger partial charge in [-0.15, -0.1) is 0 Å². The third kappa shape index (κ3) is 2.12. The molecule has 2 bridgehead atoms. The number of fused-ring (bicyclic) bond motifs is 2. The van der Waals surface area contributed by atoms with Crippen LogP contribution in [0.2, 0.25) is 5.02 Å². The van der Waals surface area contributed by atoms with Crippen LogP contribution in [0.1, 0.15) is 31.2 Å². The van der Waals surface area contributed by atoms with Crippen molar-refractivity contribution in [3.8, 4) is 0 Å². The van der Waals surface area contributed by atoms with Gasteiger partial charge in [0.1, 0.15) is 0 Å². The Hall–Kier alpha value is -0.730. The van der Waals surface area contributed by atoms with E-state index in [1.165, 1.54) is 36.9 Å². The second-order valence-corrected chi connectivity index (χ2v) is 6.18. The SMILES string of the molecule is Cc1c(Cl)cccc1NC1CC2CCC(C1)N2C. The summed E-state index contributed by atoms with van der Waals surface area (Å²) < 4.78 is 0. The highest BCUT2D eigenvalue weighted by Crippen LogP contribution is 2.36. The van der Waals surface area contributed by atoms with Gasteiger partial charge in [0, 0.05) is 28.8 Å². The lowest BCUT2D eigenvalue weighted by Gasteiger charge is -2.37. The summed E-state index contributed by atoms with van der Waals surface area (Å²) in [6.45, 7) is 2.09. The Kier molecular flexibility index (Phi) is 3.25. The average Bonchev–Trinajstić information content (AvgIpc) is 2.59. The standard InChI is InChI=1S/C15H21ClN2/c1-10-14(16)4-3-5-15(10)17-11-8-12-6-7-13(9-11)18(12)2/h3-5,11-13,17H,6-9H2,1-2H3. The maximum Gasteiger partial charge on any atom is 0.0455 e. The van der Waals surface area contributed by atoms with Crippen LogP contribution in [0.25, 0.3) is 0 Å². The molecule has 0 spiro atoms. The van der Waals surface area contributed by atoms with Crippen LogP contribution < -0.4 is 5.32 Å². The molecule has 2 unspecified atom stereocenters.